The SMILES string of the molecule is COC(=O)C1=C(C(=O)OC)N(c2cc(S(=O)(=O)C(F)(F)F)cc(Br)c2O)C(N)=C(C#N)C1c1ccccc1. The number of anilines is 1. The molecular formula is C23H17BrF3N3O7S. The molecule has 1 atom stereocenters. The minimum absolute atomic E-state index is 0.312. The molecule has 0 amide bonds. The van der Waals surface area contributed by atoms with Crippen molar-refractivity contribution >= 4 is 43.4 Å². The van der Waals surface area contributed by atoms with E-state index in [1.54, 1.807) is 18.2 Å². The normalized spacial score (nSPS) is 16.2. The minimum atomic E-state index is -5.96. The molecule has 0 aliphatic carbocycles. The van der Waals surface area contributed by atoms with Gasteiger partial charge in [-0.3, -0.25) is 4.90 Å². The minimum Gasteiger partial charge on any atom is -0.505 e. The highest BCUT2D eigenvalue weighted by Gasteiger charge is 2.48. The zero-order valence-electron chi connectivity index (χ0n) is 19.4. The Bertz CT molecular complexity index is 1530. The van der Waals surface area contributed by atoms with Crippen LogP contribution in [0.4, 0.5) is 18.9 Å². The predicted molar refractivity (Wildman–Crippen MR) is 129 cm³/mol. The van der Waals surface area contributed by atoms with Gasteiger partial charge in [0, 0.05) is 0 Å². The molecule has 3 N–H and O–H groups in total. The fourth-order valence-electron chi connectivity index (χ4n) is 3.78. The second-order valence-electron chi connectivity index (χ2n) is 7.56. The molecule has 1 unspecified atom stereocenters. The van der Waals surface area contributed by atoms with Crippen LogP contribution in [0.1, 0.15) is 11.5 Å². The molecular weight excluding hydrogens is 599 g/mol. The molecule has 2 aromatic carbocycles. The van der Waals surface area contributed by atoms with Crippen molar-refractivity contribution in [3.63, 3.8) is 0 Å². The maximum Gasteiger partial charge on any atom is 0.501 e. The lowest BCUT2D eigenvalue weighted by atomic mass is 9.81. The van der Waals surface area contributed by atoms with Gasteiger partial charge in [0.1, 0.15) is 11.5 Å². The number of benzene rings is 2. The van der Waals surface area contributed by atoms with E-state index in [0.717, 1.165) is 14.2 Å². The van der Waals surface area contributed by atoms with Gasteiger partial charge in [-0.05, 0) is 33.6 Å². The molecule has 0 spiro atoms. The van der Waals surface area contributed by atoms with E-state index in [2.05, 4.69) is 15.9 Å². The number of aromatic hydroxyl groups is 1. The molecule has 2 aromatic rings. The van der Waals surface area contributed by atoms with Gasteiger partial charge in [0.15, 0.2) is 5.75 Å². The van der Waals surface area contributed by atoms with Crippen molar-refractivity contribution < 1.29 is 45.8 Å². The fourth-order valence-corrected chi connectivity index (χ4v) is 5.19. The van der Waals surface area contributed by atoms with Gasteiger partial charge < -0.3 is 20.3 Å². The molecule has 3 rings (SSSR count). The summed E-state index contributed by atoms with van der Waals surface area (Å²) in [5, 5.41) is 20.7. The second kappa shape index (κ2) is 10.4. The number of rotatable bonds is 5. The van der Waals surface area contributed by atoms with Crippen molar-refractivity contribution in [2.75, 3.05) is 19.1 Å². The summed E-state index contributed by atoms with van der Waals surface area (Å²) in [6.45, 7) is 0. The molecule has 10 nitrogen and oxygen atoms in total. The van der Waals surface area contributed by atoms with Crippen molar-refractivity contribution in [2.24, 2.45) is 5.73 Å². The Labute approximate surface area is 222 Å². The molecule has 1 aliphatic rings. The highest BCUT2D eigenvalue weighted by Crippen LogP contribution is 2.48. The summed E-state index contributed by atoms with van der Waals surface area (Å²) in [7, 11) is -4.05. The number of phenols is 1. The quantitative estimate of drug-likeness (QED) is 0.477. The number of halogens is 4. The lowest BCUT2D eigenvalue weighted by molar-refractivity contribution is -0.139. The number of hydrogen-bond acceptors (Lipinski definition) is 10. The van der Waals surface area contributed by atoms with E-state index in [4.69, 9.17) is 15.2 Å². The fraction of sp³-hybridized carbons (Fsp3) is 0.174. The number of nitrogens with two attached hydrogens (primary N) is 1. The van der Waals surface area contributed by atoms with E-state index >= 15 is 0 Å². The van der Waals surface area contributed by atoms with Gasteiger partial charge >= 0.3 is 17.4 Å². The number of phenolic OH excluding ortho intramolecular Hbond substituents is 1. The topological polar surface area (TPSA) is 160 Å². The highest BCUT2D eigenvalue weighted by molar-refractivity contribution is 9.10. The number of sulfone groups is 1. The summed E-state index contributed by atoms with van der Waals surface area (Å²) in [6, 6.07) is 10.5. The Morgan fingerprint density at radius 3 is 2.21 bits per heavy atom. The number of nitriles is 1. The van der Waals surface area contributed by atoms with Gasteiger partial charge in [-0.1, -0.05) is 30.3 Å². The number of ether oxygens (including phenoxy) is 2. The molecule has 0 radical (unpaired) electrons. The van der Waals surface area contributed by atoms with Crippen molar-refractivity contribution in [3.05, 3.63) is 75.2 Å². The monoisotopic (exact) mass is 615 g/mol. The van der Waals surface area contributed by atoms with Gasteiger partial charge in [0.05, 0.1) is 52.4 Å². The van der Waals surface area contributed by atoms with Crippen molar-refractivity contribution in [3.8, 4) is 11.8 Å². The maximum atomic E-state index is 13.3. The van der Waals surface area contributed by atoms with E-state index in [1.165, 1.54) is 12.1 Å². The number of esters is 2. The van der Waals surface area contributed by atoms with E-state index < -0.39 is 71.1 Å². The second-order valence-corrected chi connectivity index (χ2v) is 10.4. The highest BCUT2D eigenvalue weighted by atomic mass is 79.9. The molecule has 0 bridgehead atoms. The van der Waals surface area contributed by atoms with Crippen LogP contribution in [0, 0.1) is 11.3 Å². The van der Waals surface area contributed by atoms with Crippen LogP contribution >= 0.6 is 15.9 Å². The number of alkyl halides is 3. The first-order valence-electron chi connectivity index (χ1n) is 10.2. The van der Waals surface area contributed by atoms with Crippen LogP contribution in [0.3, 0.4) is 0 Å². The molecule has 1 heterocycles. The number of carbonyl (C=O) groups is 2. The largest absolute Gasteiger partial charge is 0.505 e. The summed E-state index contributed by atoms with van der Waals surface area (Å²) in [4.78, 5) is 25.3. The molecule has 200 valence electrons. The van der Waals surface area contributed by atoms with Crippen LogP contribution < -0.4 is 10.6 Å². The van der Waals surface area contributed by atoms with E-state index in [9.17, 15) is 41.5 Å². The van der Waals surface area contributed by atoms with Gasteiger partial charge in [0.2, 0.25) is 0 Å². The van der Waals surface area contributed by atoms with Crippen LogP contribution in [0.25, 0.3) is 0 Å². The summed E-state index contributed by atoms with van der Waals surface area (Å²) >= 11 is 2.80. The molecule has 15 heteroatoms. The van der Waals surface area contributed by atoms with E-state index in [-0.39, 0.29) is 5.57 Å². The lowest BCUT2D eigenvalue weighted by Gasteiger charge is -2.36. The molecule has 0 saturated heterocycles. The van der Waals surface area contributed by atoms with Crippen LogP contribution in [0.2, 0.25) is 0 Å². The van der Waals surface area contributed by atoms with Gasteiger partial charge in [-0.2, -0.15) is 18.4 Å². The van der Waals surface area contributed by atoms with Crippen molar-refractivity contribution in [1.82, 2.24) is 0 Å². The Hall–Kier alpha value is -4.03. The van der Waals surface area contributed by atoms with Crippen LogP contribution in [0.5, 0.6) is 5.75 Å². The summed E-state index contributed by atoms with van der Waals surface area (Å²) in [5.74, 6) is -5.16. The van der Waals surface area contributed by atoms with Crippen molar-refractivity contribution in [2.45, 2.75) is 16.3 Å². The summed E-state index contributed by atoms with van der Waals surface area (Å²) in [6.07, 6.45) is 0. The molecule has 0 aromatic heterocycles. The van der Waals surface area contributed by atoms with Gasteiger partial charge in [0.25, 0.3) is 9.84 Å². The number of allylic oxidation sites excluding steroid dienone is 1. The average Bonchev–Trinajstić information content (AvgIpc) is 2.88. The standard InChI is InChI=1S/C23H17BrF3N3O7S/c1-36-21(32)17-16(11-6-4-3-5-7-11)13(10-28)20(29)30(18(17)22(33)37-2)15-9-12(8-14(24)19(15)31)38(34,35)23(25,26)27/h3-9,16,31H,29H2,1-2H3. The summed E-state index contributed by atoms with van der Waals surface area (Å²) in [5.41, 5.74) is -1.54. The van der Waals surface area contributed by atoms with E-state index in [1.807, 2.05) is 6.07 Å². The van der Waals surface area contributed by atoms with Gasteiger partial charge in [-0.15, -0.1) is 0 Å². The Balaban J connectivity index is 2.52. The first-order valence-corrected chi connectivity index (χ1v) is 12.5. The summed E-state index contributed by atoms with van der Waals surface area (Å²) < 4.78 is 73.4. The number of nitrogens with zero attached hydrogens (tertiary/aromatic N) is 2. The average molecular weight is 616 g/mol. The smallest absolute Gasteiger partial charge is 0.501 e. The molecule has 0 fully saturated rings. The number of hydrogen-bond donors (Lipinski definition) is 2. The third kappa shape index (κ3) is 4.68. The first kappa shape index (κ1) is 28.5. The maximum absolute atomic E-state index is 13.3. The van der Waals surface area contributed by atoms with Gasteiger partial charge in [-0.25, -0.2) is 18.0 Å². The molecule has 1 aliphatic heterocycles. The Morgan fingerprint density at radius 2 is 1.71 bits per heavy atom. The van der Waals surface area contributed by atoms with Crippen LogP contribution in [0.15, 0.2) is 74.5 Å². The number of carbonyl (C=O) groups excluding carboxylic acids is 2. The van der Waals surface area contributed by atoms with E-state index in [0.29, 0.717) is 22.6 Å². The third-order valence-corrected chi connectivity index (χ3v) is 7.55. The van der Waals surface area contributed by atoms with Crippen LogP contribution in [-0.2, 0) is 28.9 Å². The Morgan fingerprint density at radius 1 is 1.13 bits per heavy atom. The first-order chi connectivity index (χ1) is 17.7. The lowest BCUT2D eigenvalue weighted by Crippen LogP contribution is -2.41. The van der Waals surface area contributed by atoms with Crippen LogP contribution in [-0.4, -0.2) is 45.2 Å². The van der Waals surface area contributed by atoms with Crippen molar-refractivity contribution in [1.29, 1.82) is 5.26 Å². The molecule has 0 saturated carbocycles. The molecule has 38 heavy (non-hydrogen) atoms. The zero-order chi connectivity index (χ0) is 28.6. The zero-order valence-corrected chi connectivity index (χ0v) is 21.8. The predicted octanol–water partition coefficient (Wildman–Crippen LogP) is 3.35. The number of methoxy groups -OCH3 is 2. The third-order valence-electron chi connectivity index (χ3n) is 5.48. The Kier molecular flexibility index (Phi) is 7.80.